The summed E-state index contributed by atoms with van der Waals surface area (Å²) in [7, 11) is -1.51. The van der Waals surface area contributed by atoms with Crippen molar-refractivity contribution >= 4 is 21.0 Å². The highest BCUT2D eigenvalue weighted by atomic mass is 32.2. The smallest absolute Gasteiger partial charge is 0.175 e. The fourth-order valence-corrected chi connectivity index (χ4v) is 4.70. The lowest BCUT2D eigenvalue weighted by Crippen LogP contribution is -1.98. The number of ether oxygens (including phenoxy) is 1. The van der Waals surface area contributed by atoms with Gasteiger partial charge in [-0.15, -0.1) is 0 Å². The van der Waals surface area contributed by atoms with Crippen LogP contribution in [0.2, 0.25) is 0 Å². The highest BCUT2D eigenvalue weighted by Gasteiger charge is 2.19. The second-order valence-electron chi connectivity index (χ2n) is 7.66. The molecule has 0 bridgehead atoms. The van der Waals surface area contributed by atoms with Gasteiger partial charge in [0.1, 0.15) is 5.75 Å². The minimum atomic E-state index is -3.20. The van der Waals surface area contributed by atoms with E-state index in [1.165, 1.54) is 28.5 Å². The normalized spacial score (nSPS) is 14.4. The number of sulfone groups is 1. The Morgan fingerprint density at radius 3 is 2.41 bits per heavy atom. The number of aliphatic hydroxyl groups is 1. The molecule has 4 nitrogen and oxygen atoms in total. The number of rotatable bonds is 8. The Balaban J connectivity index is 2.05. The molecule has 3 rings (SSSR count). The number of aliphatic hydroxyl groups excluding tert-OH is 1. The summed E-state index contributed by atoms with van der Waals surface area (Å²) in [6.07, 6.45) is 8.02. The molecule has 0 unspecified atom stereocenters. The van der Waals surface area contributed by atoms with Gasteiger partial charge in [-0.2, -0.15) is 0 Å². The van der Waals surface area contributed by atoms with Crippen molar-refractivity contribution in [3.05, 3.63) is 59.2 Å². The monoisotopic (exact) mass is 414 g/mol. The zero-order valence-electron chi connectivity index (χ0n) is 17.3. The van der Waals surface area contributed by atoms with Crippen molar-refractivity contribution in [1.82, 2.24) is 0 Å². The molecule has 5 heteroatoms. The van der Waals surface area contributed by atoms with Gasteiger partial charge < -0.3 is 9.84 Å². The Hall–Kier alpha value is -2.11. The Kier molecular flexibility index (Phi) is 7.14. The molecule has 156 valence electrons. The number of hydrogen-bond acceptors (Lipinski definition) is 4. The number of fused-ring (bicyclic) bond motifs is 1. The van der Waals surface area contributed by atoms with Gasteiger partial charge in [0.05, 0.1) is 12.0 Å². The van der Waals surface area contributed by atoms with Crippen LogP contribution in [0.5, 0.6) is 5.75 Å². The first-order chi connectivity index (χ1) is 13.9. The Morgan fingerprint density at radius 2 is 1.76 bits per heavy atom. The summed E-state index contributed by atoms with van der Waals surface area (Å²) in [4.78, 5) is 0.352. The maximum atomic E-state index is 11.8. The Bertz CT molecular complexity index is 972. The van der Waals surface area contributed by atoms with Crippen molar-refractivity contribution in [1.29, 1.82) is 0 Å². The van der Waals surface area contributed by atoms with Gasteiger partial charge in [-0.25, -0.2) is 8.42 Å². The van der Waals surface area contributed by atoms with E-state index in [0.717, 1.165) is 56.3 Å². The molecule has 0 radical (unpaired) electrons. The van der Waals surface area contributed by atoms with Crippen LogP contribution in [0.4, 0.5) is 0 Å². The lowest BCUT2D eigenvalue weighted by Gasteiger charge is -2.17. The number of aryl methyl sites for hydroxylation is 1. The summed E-state index contributed by atoms with van der Waals surface area (Å²) < 4.78 is 29.1. The van der Waals surface area contributed by atoms with Crippen molar-refractivity contribution in [2.75, 3.05) is 20.0 Å². The summed E-state index contributed by atoms with van der Waals surface area (Å²) in [6, 6.07) is 13.6. The molecule has 2 aromatic rings. The third-order valence-electron chi connectivity index (χ3n) is 5.59. The average molecular weight is 415 g/mol. The van der Waals surface area contributed by atoms with Crippen LogP contribution in [0.3, 0.4) is 0 Å². The zero-order chi connectivity index (χ0) is 20.9. The molecule has 0 fully saturated rings. The predicted molar refractivity (Wildman–Crippen MR) is 118 cm³/mol. The molecule has 1 aliphatic carbocycles. The third-order valence-corrected chi connectivity index (χ3v) is 6.72. The van der Waals surface area contributed by atoms with E-state index < -0.39 is 9.84 Å². The van der Waals surface area contributed by atoms with Gasteiger partial charge in [0.25, 0.3) is 0 Å². The maximum absolute atomic E-state index is 11.8. The molecule has 0 spiro atoms. The van der Waals surface area contributed by atoms with Crippen molar-refractivity contribution in [2.45, 2.75) is 49.8 Å². The van der Waals surface area contributed by atoms with Gasteiger partial charge in [-0.05, 0) is 90.6 Å². The minimum absolute atomic E-state index is 0.229. The first-order valence-electron chi connectivity index (χ1n) is 10.2. The molecule has 0 heterocycles. The van der Waals surface area contributed by atoms with Gasteiger partial charge in [-0.1, -0.05) is 24.6 Å². The molecule has 0 saturated heterocycles. The number of hydrogen-bond donors (Lipinski definition) is 1. The van der Waals surface area contributed by atoms with E-state index in [0.29, 0.717) is 4.90 Å². The molecular weight excluding hydrogens is 384 g/mol. The van der Waals surface area contributed by atoms with Crippen LogP contribution < -0.4 is 4.74 Å². The Morgan fingerprint density at radius 1 is 1.00 bits per heavy atom. The van der Waals surface area contributed by atoms with E-state index >= 15 is 0 Å². The highest BCUT2D eigenvalue weighted by molar-refractivity contribution is 7.90. The van der Waals surface area contributed by atoms with Crippen LogP contribution in [-0.4, -0.2) is 33.5 Å². The van der Waals surface area contributed by atoms with E-state index in [2.05, 4.69) is 12.1 Å². The van der Waals surface area contributed by atoms with Crippen LogP contribution in [0.25, 0.3) is 11.1 Å². The first-order valence-corrected chi connectivity index (χ1v) is 12.1. The van der Waals surface area contributed by atoms with Crippen LogP contribution >= 0.6 is 0 Å². The largest absolute Gasteiger partial charge is 0.497 e. The molecule has 0 amide bonds. The summed E-state index contributed by atoms with van der Waals surface area (Å²) in [5.74, 6) is 0.879. The van der Waals surface area contributed by atoms with Gasteiger partial charge in [0.2, 0.25) is 0 Å². The maximum Gasteiger partial charge on any atom is 0.175 e. The molecule has 2 aromatic carbocycles. The molecular formula is C24H30O4S. The lowest BCUT2D eigenvalue weighted by atomic mass is 9.89. The number of benzene rings is 2. The van der Waals surface area contributed by atoms with Gasteiger partial charge in [-0.3, -0.25) is 0 Å². The fourth-order valence-electron chi connectivity index (χ4n) is 4.07. The summed E-state index contributed by atoms with van der Waals surface area (Å²) in [5, 5.41) is 9.11. The molecule has 0 saturated carbocycles. The van der Waals surface area contributed by atoms with Crippen molar-refractivity contribution < 1.29 is 18.3 Å². The second kappa shape index (κ2) is 9.59. The van der Waals surface area contributed by atoms with Crippen molar-refractivity contribution in [3.63, 3.8) is 0 Å². The SMILES string of the molecule is COc1ccc2c(c1)CCCC(c1ccc(S(C)(=O)=O)cc1)=C2CCCCCO. The first kappa shape index (κ1) is 21.6. The predicted octanol–water partition coefficient (Wildman–Crippen LogP) is 4.90. The number of methoxy groups -OCH3 is 1. The molecule has 1 N–H and O–H groups in total. The van der Waals surface area contributed by atoms with Crippen LogP contribution in [0.1, 0.15) is 55.2 Å². The highest BCUT2D eigenvalue weighted by Crippen LogP contribution is 2.39. The van der Waals surface area contributed by atoms with E-state index in [1.54, 1.807) is 19.2 Å². The third kappa shape index (κ3) is 5.28. The molecule has 0 aliphatic heterocycles. The van der Waals surface area contributed by atoms with Crippen molar-refractivity contribution in [2.24, 2.45) is 0 Å². The number of allylic oxidation sites excluding steroid dienone is 2. The van der Waals surface area contributed by atoms with Gasteiger partial charge in [0, 0.05) is 12.9 Å². The van der Waals surface area contributed by atoms with Gasteiger partial charge >= 0.3 is 0 Å². The molecule has 0 atom stereocenters. The quantitative estimate of drug-likeness (QED) is 0.624. The second-order valence-corrected chi connectivity index (χ2v) is 9.68. The van der Waals surface area contributed by atoms with Crippen LogP contribution in [0, 0.1) is 0 Å². The van der Waals surface area contributed by atoms with Gasteiger partial charge in [0.15, 0.2) is 9.84 Å². The molecule has 0 aromatic heterocycles. The number of unbranched alkanes of at least 4 members (excludes halogenated alkanes) is 2. The summed E-state index contributed by atoms with van der Waals surface area (Å²) in [5.41, 5.74) is 6.32. The lowest BCUT2D eigenvalue weighted by molar-refractivity contribution is 0.283. The van der Waals surface area contributed by atoms with E-state index in [-0.39, 0.29) is 6.61 Å². The van der Waals surface area contributed by atoms with E-state index in [9.17, 15) is 8.42 Å². The van der Waals surface area contributed by atoms with Crippen molar-refractivity contribution in [3.8, 4) is 5.75 Å². The standard InChI is InChI=1S/C24H30O4S/c1-28-20-12-15-23-19(17-20)7-6-9-22(24(23)8-4-3-5-16-25)18-10-13-21(14-11-18)29(2,26)27/h10-15,17,25H,3-9,16H2,1-2H3. The average Bonchev–Trinajstić information content (AvgIpc) is 2.89. The minimum Gasteiger partial charge on any atom is -0.497 e. The Labute approximate surface area is 174 Å². The molecule has 29 heavy (non-hydrogen) atoms. The topological polar surface area (TPSA) is 63.6 Å². The van der Waals surface area contributed by atoms with Crippen LogP contribution in [-0.2, 0) is 16.3 Å². The fraction of sp³-hybridized carbons (Fsp3) is 0.417. The van der Waals surface area contributed by atoms with Crippen LogP contribution in [0.15, 0.2) is 47.4 Å². The van der Waals surface area contributed by atoms with E-state index in [1.807, 2.05) is 18.2 Å². The van der Waals surface area contributed by atoms with E-state index in [4.69, 9.17) is 9.84 Å². The summed E-state index contributed by atoms with van der Waals surface area (Å²) in [6.45, 7) is 0.229. The zero-order valence-corrected chi connectivity index (χ0v) is 18.1. The molecule has 1 aliphatic rings. The summed E-state index contributed by atoms with van der Waals surface area (Å²) >= 11 is 0.